The van der Waals surface area contributed by atoms with Crippen molar-refractivity contribution in [3.05, 3.63) is 51.1 Å². The van der Waals surface area contributed by atoms with E-state index in [9.17, 15) is 51.0 Å². The number of benzene rings is 2. The molecule has 2 aromatic rings. The molecule has 2 bridgehead atoms. The molecular formula is C56H78N2O25. The number of nitrogens with zero attached hydrogens (tertiary/aromatic N) is 2. The van der Waals surface area contributed by atoms with Crippen molar-refractivity contribution in [1.82, 2.24) is 10.1 Å². The average Bonchev–Trinajstić information content (AvgIpc) is 1.98. The van der Waals surface area contributed by atoms with Crippen LogP contribution in [-0.4, -0.2) is 237 Å². The van der Waals surface area contributed by atoms with Crippen molar-refractivity contribution in [2.45, 2.75) is 226 Å². The van der Waals surface area contributed by atoms with E-state index in [0.29, 0.717) is 0 Å². The van der Waals surface area contributed by atoms with Gasteiger partial charge in [0, 0.05) is 63.0 Å². The first-order valence-electron chi connectivity index (χ1n) is 27.9. The number of hydrogen-bond acceptors (Lipinski definition) is 27. The van der Waals surface area contributed by atoms with Gasteiger partial charge in [-0.3, -0.25) is 24.8 Å². The van der Waals surface area contributed by atoms with Crippen molar-refractivity contribution >= 4 is 17.5 Å². The number of likely N-dealkylation sites (N-methyl/N-ethyl adjacent to an activating group) is 1. The first-order valence-corrected chi connectivity index (χ1v) is 27.9. The number of esters is 1. The lowest BCUT2D eigenvalue weighted by molar-refractivity contribution is -0.422. The van der Waals surface area contributed by atoms with Gasteiger partial charge in [-0.05, 0) is 80.3 Å². The first kappa shape index (κ1) is 61.9. The molecular weight excluding hydrogens is 1100 g/mol. The lowest BCUT2D eigenvalue weighted by atomic mass is 9.68. The van der Waals surface area contributed by atoms with Gasteiger partial charge in [0.25, 0.3) is 0 Å². The monoisotopic (exact) mass is 1180 g/mol. The molecule has 2 aliphatic carbocycles. The molecule has 2 aromatic carbocycles. The number of methoxy groups -OCH3 is 3. The van der Waals surface area contributed by atoms with Crippen LogP contribution in [0, 0.1) is 0 Å². The zero-order valence-electron chi connectivity index (χ0n) is 48.3. The number of fused-ring (bicyclic) bond motifs is 8. The van der Waals surface area contributed by atoms with Crippen LogP contribution >= 0.6 is 0 Å². The van der Waals surface area contributed by atoms with Gasteiger partial charge in [-0.15, -0.1) is 0 Å². The van der Waals surface area contributed by atoms with Crippen LogP contribution in [0.2, 0.25) is 0 Å². The van der Waals surface area contributed by atoms with E-state index in [4.69, 9.17) is 61.6 Å². The van der Waals surface area contributed by atoms with Gasteiger partial charge in [-0.2, -0.15) is 0 Å². The Balaban J connectivity index is 0.931. The Morgan fingerprint density at radius 1 is 0.687 bits per heavy atom. The molecule has 10 rings (SSSR count). The van der Waals surface area contributed by atoms with Crippen LogP contribution in [0.15, 0.2) is 12.1 Å². The summed E-state index contributed by atoms with van der Waals surface area (Å²) in [6.45, 7) is 11.0. The molecule has 23 unspecified atom stereocenters. The summed E-state index contributed by atoms with van der Waals surface area (Å²) in [7, 11) is 7.31. The fraction of sp³-hybridized carbons (Fsp3) is 0.732. The number of hydrogen-bond donors (Lipinski definition) is 9. The summed E-state index contributed by atoms with van der Waals surface area (Å²) in [6, 6.07) is 1.41. The van der Waals surface area contributed by atoms with Gasteiger partial charge in [0.2, 0.25) is 12.1 Å². The summed E-state index contributed by atoms with van der Waals surface area (Å²) in [5.74, 6) is -6.21. The lowest BCUT2D eigenvalue weighted by Gasteiger charge is -2.56. The zero-order valence-corrected chi connectivity index (χ0v) is 48.3. The summed E-state index contributed by atoms with van der Waals surface area (Å²) in [4.78, 5) is 45.7. The second-order valence-corrected chi connectivity index (χ2v) is 24.1. The third kappa shape index (κ3) is 10.5. The van der Waals surface area contributed by atoms with Gasteiger partial charge in [0.1, 0.15) is 70.9 Å². The molecule has 0 saturated carbocycles. The number of phenols is 2. The Kier molecular flexibility index (Phi) is 17.0. The molecule has 27 nitrogen and oxygen atoms in total. The molecule has 27 heteroatoms. The van der Waals surface area contributed by atoms with E-state index in [2.05, 4.69) is 0 Å². The van der Waals surface area contributed by atoms with Gasteiger partial charge in [0.05, 0.1) is 84.3 Å². The molecule has 0 spiro atoms. The molecule has 0 radical (unpaired) electrons. The number of rotatable bonds is 13. The highest BCUT2D eigenvalue weighted by Gasteiger charge is 2.62. The minimum atomic E-state index is -1.95. The van der Waals surface area contributed by atoms with E-state index in [1.54, 1.807) is 53.6 Å². The first-order chi connectivity index (χ1) is 39.0. The molecule has 6 heterocycles. The smallest absolute Gasteiger partial charge is 0.316 e. The van der Waals surface area contributed by atoms with Crippen molar-refractivity contribution in [3.63, 3.8) is 0 Å². The van der Waals surface area contributed by atoms with E-state index in [1.807, 2.05) is 0 Å². The molecule has 24 atom stereocenters. The quantitative estimate of drug-likeness (QED) is 0.0859. The maximum atomic E-state index is 15.3. The number of phenolic OH excluding ortho intramolecular Hbond substituents is 2. The molecule has 6 aliphatic heterocycles. The van der Waals surface area contributed by atoms with E-state index in [0.717, 1.165) is 7.11 Å². The average molecular weight is 1180 g/mol. The second-order valence-electron chi connectivity index (χ2n) is 24.1. The molecule has 9 N–H and O–H groups in total. The maximum Gasteiger partial charge on any atom is 0.316 e. The fourth-order valence-electron chi connectivity index (χ4n) is 13.8. The highest BCUT2D eigenvalue weighted by Crippen LogP contribution is 2.57. The predicted molar refractivity (Wildman–Crippen MR) is 277 cm³/mol. The highest BCUT2D eigenvalue weighted by atomic mass is 16.8. The van der Waals surface area contributed by atoms with E-state index < -0.39 is 197 Å². The number of aliphatic hydroxyl groups is 5. The number of carbonyl (C=O) groups is 3. The van der Waals surface area contributed by atoms with Crippen molar-refractivity contribution in [1.29, 1.82) is 0 Å². The molecule has 5 fully saturated rings. The van der Waals surface area contributed by atoms with E-state index in [-0.39, 0.29) is 59.8 Å². The number of carbonyl (C=O) groups excluding carboxylic acids is 3. The standard InChI is InChI=1S/C56H78N2O25/c1-20-42(61)29(71-10)16-33(74-20)78-31-18-55(6,68)40(52(67)73-12)24-13-25-37(45(64)36(24)31)46(65)38-27(59)14-26-49(39(38)44(25)63)82-53-47(66)41(57(8)9)51(56(26,7)83-53)81-32-15-28(60)48(22(3)76-32)79-35-19-54(5,58(69)70)50(23(4)77-35)80-34-17-30(72-11)43(62)21(2)75-34/h13-14,20-23,28-35,40-43,47-48,50-51,53,59-62,64,66,68-70H,15-19H2,1-12H3/t20?,21?,22?,23?,28?,29?,30?,31?,32?,33?,34?,35?,40-,41?,42?,43?,47?,48?,50?,51?,53?,54?,55?,56?/m0/s1. The number of ketones is 2. The van der Waals surface area contributed by atoms with E-state index in [1.165, 1.54) is 40.2 Å². The van der Waals surface area contributed by atoms with Crippen LogP contribution in [0.5, 0.6) is 17.2 Å². The van der Waals surface area contributed by atoms with Crippen molar-refractivity contribution < 1.29 is 122 Å². The van der Waals surface area contributed by atoms with Gasteiger partial charge >= 0.3 is 5.97 Å². The predicted octanol–water partition coefficient (Wildman–Crippen LogP) is 1.24. The second kappa shape index (κ2) is 22.9. The van der Waals surface area contributed by atoms with Crippen LogP contribution in [0.1, 0.15) is 141 Å². The van der Waals surface area contributed by atoms with Gasteiger partial charge in [-0.25, -0.2) is 0 Å². The van der Waals surface area contributed by atoms with Gasteiger partial charge in [0.15, 0.2) is 30.9 Å². The topological polar surface area (TPSA) is 360 Å². The minimum absolute atomic E-state index is 0.00699. The number of hydroxylamine groups is 2. The molecule has 462 valence electrons. The number of ether oxygens (including phenoxy) is 13. The van der Waals surface area contributed by atoms with E-state index >= 15 is 9.59 Å². The van der Waals surface area contributed by atoms with Crippen LogP contribution in [0.3, 0.4) is 0 Å². The zero-order chi connectivity index (χ0) is 60.4. The van der Waals surface area contributed by atoms with Crippen LogP contribution in [0.25, 0.3) is 0 Å². The van der Waals surface area contributed by atoms with Crippen molar-refractivity contribution in [3.8, 4) is 17.2 Å². The van der Waals surface area contributed by atoms with Crippen LogP contribution in [0.4, 0.5) is 0 Å². The van der Waals surface area contributed by atoms with Crippen molar-refractivity contribution in [2.75, 3.05) is 35.4 Å². The number of aliphatic hydroxyl groups excluding tert-OH is 4. The third-order valence-electron chi connectivity index (χ3n) is 18.3. The Hall–Kier alpha value is -4.15. The fourth-order valence-corrected chi connectivity index (χ4v) is 13.8. The Morgan fingerprint density at radius 3 is 1.84 bits per heavy atom. The molecule has 83 heavy (non-hydrogen) atoms. The summed E-state index contributed by atoms with van der Waals surface area (Å²) in [5.41, 5.74) is -7.47. The van der Waals surface area contributed by atoms with Crippen LogP contribution < -0.4 is 4.74 Å². The SMILES string of the molecule is COC(=O)[C@@H]1c2cc3c(c(O)c2C(OC2CC(OC)C(O)C(C)O2)CC1(C)O)C(=O)c1c(O)cc2c(c1C3=O)OC1OC2(C)C(OC2CC(O)C(OC3CC(C)(N(O)O)C(OC4CC(OC)C(O)C(C)O4)C(C)O3)C(C)O2)C(N(C)C)C1O. The summed E-state index contributed by atoms with van der Waals surface area (Å²) in [5, 5.41) is 103. The molecule has 0 aromatic heterocycles. The van der Waals surface area contributed by atoms with Gasteiger partial charge < -0.3 is 102 Å². The van der Waals surface area contributed by atoms with Crippen molar-refractivity contribution in [2.24, 2.45) is 0 Å². The van der Waals surface area contributed by atoms with Gasteiger partial charge in [-0.1, -0.05) is 5.23 Å². The molecule has 8 aliphatic rings. The third-order valence-corrected chi connectivity index (χ3v) is 18.3. The molecule has 0 amide bonds. The lowest BCUT2D eigenvalue weighted by Crippen LogP contribution is -2.70. The highest BCUT2D eigenvalue weighted by molar-refractivity contribution is 6.31. The maximum absolute atomic E-state index is 15.3. The number of aromatic hydroxyl groups is 2. The Labute approximate surface area is 478 Å². The minimum Gasteiger partial charge on any atom is -0.507 e. The summed E-state index contributed by atoms with van der Waals surface area (Å²) >= 11 is 0. The Morgan fingerprint density at radius 2 is 1.27 bits per heavy atom. The summed E-state index contributed by atoms with van der Waals surface area (Å²) < 4.78 is 79.2. The summed E-state index contributed by atoms with van der Waals surface area (Å²) in [6.07, 6.45) is -20.4. The normalized spacial score (nSPS) is 43.2. The molecule has 5 saturated heterocycles. The largest absolute Gasteiger partial charge is 0.507 e. The Bertz CT molecular complexity index is 2790. The van der Waals surface area contributed by atoms with Crippen LogP contribution in [-0.2, 0) is 67.2 Å².